The molecule has 2 heterocycles. The van der Waals surface area contributed by atoms with E-state index in [-0.39, 0.29) is 35.1 Å². The molecule has 0 radical (unpaired) electrons. The molecule has 1 fully saturated rings. The Kier molecular flexibility index (Phi) is 10.3. The molecule has 0 amide bonds. The maximum absolute atomic E-state index is 13.8. The van der Waals surface area contributed by atoms with Crippen LogP contribution >= 0.6 is 21.6 Å². The quantitative estimate of drug-likeness (QED) is 0.124. The van der Waals surface area contributed by atoms with Gasteiger partial charge in [-0.1, -0.05) is 58.0 Å². The second kappa shape index (κ2) is 14.6. The van der Waals surface area contributed by atoms with Crippen LogP contribution in [0, 0.1) is 5.92 Å². The fourth-order valence-corrected chi connectivity index (χ4v) is 9.80. The van der Waals surface area contributed by atoms with Gasteiger partial charge in [0.25, 0.3) is 0 Å². The standard InChI is InChI=1S/C37H41NO6S2/c1-38-37(25-4-3-5-26(39)18-25)44-34-20-28(41)13-7-24-11-17-33(42)36(43-2)35(24)30-16-10-22-6-12-27(40)19-31(22)32(30)21-45-46-29-14-8-23(34)9-15-29/h3-6,10-12,16-19,23,29,34,37-40,42H,7-9,13-15,20-21H2,1-2H3. The lowest BCUT2D eigenvalue weighted by Crippen LogP contribution is -2.35. The van der Waals surface area contributed by atoms with Gasteiger partial charge in [-0.25, -0.2) is 0 Å². The van der Waals surface area contributed by atoms with Crippen LogP contribution in [0.3, 0.4) is 0 Å². The number of aromatic hydroxyl groups is 3. The summed E-state index contributed by atoms with van der Waals surface area (Å²) in [6, 6.07) is 20.1. The fourth-order valence-electron chi connectivity index (χ4n) is 6.93. The van der Waals surface area contributed by atoms with Crippen molar-refractivity contribution in [2.75, 3.05) is 14.2 Å². The highest BCUT2D eigenvalue weighted by Crippen LogP contribution is 2.47. The Hall–Kier alpha value is -3.37. The largest absolute Gasteiger partial charge is 0.508 e. The lowest BCUT2D eigenvalue weighted by molar-refractivity contribution is -0.127. The molecule has 1 saturated carbocycles. The van der Waals surface area contributed by atoms with Crippen LogP contribution in [0.15, 0.2) is 66.7 Å². The Balaban J connectivity index is 1.37. The van der Waals surface area contributed by atoms with E-state index in [4.69, 9.17) is 9.47 Å². The zero-order valence-corrected chi connectivity index (χ0v) is 27.8. The van der Waals surface area contributed by atoms with Crippen molar-refractivity contribution in [3.05, 3.63) is 83.4 Å². The Labute approximate surface area is 278 Å². The summed E-state index contributed by atoms with van der Waals surface area (Å²) in [7, 11) is 7.13. The molecule has 1 aliphatic carbocycles. The smallest absolute Gasteiger partial charge is 0.168 e. The van der Waals surface area contributed by atoms with Gasteiger partial charge in [-0.2, -0.15) is 0 Å². The Morgan fingerprint density at radius 2 is 1.70 bits per heavy atom. The van der Waals surface area contributed by atoms with E-state index >= 15 is 0 Å². The predicted molar refractivity (Wildman–Crippen MR) is 187 cm³/mol. The minimum Gasteiger partial charge on any atom is -0.508 e. The van der Waals surface area contributed by atoms with Crippen LogP contribution in [0.1, 0.15) is 61.4 Å². The van der Waals surface area contributed by atoms with Crippen molar-refractivity contribution < 1.29 is 29.6 Å². The maximum Gasteiger partial charge on any atom is 0.168 e. The van der Waals surface area contributed by atoms with Crippen molar-refractivity contribution >= 4 is 38.1 Å². The lowest BCUT2D eigenvalue weighted by atomic mass is 9.82. The van der Waals surface area contributed by atoms with E-state index in [1.807, 2.05) is 59.0 Å². The maximum atomic E-state index is 13.8. The highest BCUT2D eigenvalue weighted by Gasteiger charge is 2.33. The number of nitrogens with one attached hydrogen (secondary N) is 1. The highest BCUT2D eigenvalue weighted by atomic mass is 33.1. The summed E-state index contributed by atoms with van der Waals surface area (Å²) in [5.41, 5.74) is 4.52. The third-order valence-electron chi connectivity index (χ3n) is 9.31. The number of rotatable bonds is 5. The van der Waals surface area contributed by atoms with E-state index in [1.54, 1.807) is 37.4 Å². The Morgan fingerprint density at radius 3 is 2.46 bits per heavy atom. The monoisotopic (exact) mass is 659 g/mol. The molecule has 2 atom stereocenters. The fraction of sp³-hybridized carbons (Fsp3) is 0.378. The number of benzene rings is 4. The molecule has 2 aliphatic heterocycles. The van der Waals surface area contributed by atoms with Crippen LogP contribution in [0.5, 0.6) is 23.0 Å². The first kappa shape index (κ1) is 32.6. The van der Waals surface area contributed by atoms with Crippen molar-refractivity contribution in [2.45, 2.75) is 68.3 Å². The second-order valence-corrected chi connectivity index (χ2v) is 14.9. The SMILES string of the molecule is CNC(OC1CC(=O)CCc2ccc(O)c(OC)c2-c2ccc3ccc(O)cc3c2CSSC2CCC1CC2)c1cccc(O)c1. The molecule has 242 valence electrons. The molecule has 7 nitrogen and oxygen atoms in total. The lowest BCUT2D eigenvalue weighted by Gasteiger charge is -2.35. The van der Waals surface area contributed by atoms with Crippen LogP contribution in [-0.2, 0) is 21.7 Å². The van der Waals surface area contributed by atoms with Crippen LogP contribution in [0.4, 0.5) is 0 Å². The number of hydrogen-bond donors (Lipinski definition) is 4. The van der Waals surface area contributed by atoms with Crippen LogP contribution in [0.2, 0.25) is 0 Å². The number of phenols is 3. The summed E-state index contributed by atoms with van der Waals surface area (Å²) in [4.78, 5) is 13.8. The molecule has 2 unspecified atom stereocenters. The van der Waals surface area contributed by atoms with Gasteiger partial charge < -0.3 is 24.8 Å². The molecule has 4 aromatic carbocycles. The van der Waals surface area contributed by atoms with Gasteiger partial charge in [0.05, 0.1) is 13.2 Å². The minimum atomic E-state index is -0.447. The van der Waals surface area contributed by atoms with Crippen molar-refractivity contribution in [3.63, 3.8) is 0 Å². The average Bonchev–Trinajstić information content (AvgIpc) is 3.06. The number of fused-ring (bicyclic) bond motifs is 9. The summed E-state index contributed by atoms with van der Waals surface area (Å²) in [5, 5.41) is 37.1. The average molecular weight is 660 g/mol. The summed E-state index contributed by atoms with van der Waals surface area (Å²) >= 11 is 0. The molecule has 46 heavy (non-hydrogen) atoms. The summed E-state index contributed by atoms with van der Waals surface area (Å²) in [6.45, 7) is 0. The van der Waals surface area contributed by atoms with Gasteiger partial charge in [0, 0.05) is 29.4 Å². The van der Waals surface area contributed by atoms with Gasteiger partial charge in [-0.3, -0.25) is 10.1 Å². The molecule has 7 rings (SSSR count). The predicted octanol–water partition coefficient (Wildman–Crippen LogP) is 8.28. The summed E-state index contributed by atoms with van der Waals surface area (Å²) in [5.74, 6) is 1.89. The molecule has 4 N–H and O–H groups in total. The molecule has 0 saturated heterocycles. The van der Waals surface area contributed by atoms with Crippen molar-refractivity contribution in [1.82, 2.24) is 5.32 Å². The van der Waals surface area contributed by atoms with Gasteiger partial charge in [-0.15, -0.1) is 0 Å². The third kappa shape index (κ3) is 7.13. The van der Waals surface area contributed by atoms with E-state index in [9.17, 15) is 20.1 Å². The second-order valence-electron chi connectivity index (χ2n) is 12.2. The Morgan fingerprint density at radius 1 is 0.913 bits per heavy atom. The number of methoxy groups -OCH3 is 1. The van der Waals surface area contributed by atoms with E-state index in [2.05, 4.69) is 11.4 Å². The third-order valence-corrected chi connectivity index (χ3v) is 12.2. The van der Waals surface area contributed by atoms with Gasteiger partial charge in [-0.05, 0) is 108 Å². The molecular weight excluding hydrogens is 619 g/mol. The molecule has 4 aromatic rings. The number of phenolic OH excluding ortho intramolecular Hbond substituents is 3. The number of carbonyl (C=O) groups excluding carboxylic acids is 1. The summed E-state index contributed by atoms with van der Waals surface area (Å²) in [6.07, 6.45) is 4.45. The molecule has 9 heteroatoms. The molecule has 0 aromatic heterocycles. The van der Waals surface area contributed by atoms with Crippen LogP contribution in [0.25, 0.3) is 21.9 Å². The minimum absolute atomic E-state index is 0.0433. The molecule has 2 bridgehead atoms. The number of hydrogen-bond acceptors (Lipinski definition) is 9. The number of Topliss-reactive ketones (excluding diaryl/α,β-unsaturated/α-hetero) is 1. The van der Waals surface area contributed by atoms with Gasteiger partial charge in [0.15, 0.2) is 11.5 Å². The first-order valence-corrected chi connectivity index (χ1v) is 18.3. The van der Waals surface area contributed by atoms with E-state index in [1.165, 1.54) is 0 Å². The zero-order valence-electron chi connectivity index (χ0n) is 26.2. The molecule has 3 aliphatic rings. The van der Waals surface area contributed by atoms with Gasteiger partial charge >= 0.3 is 0 Å². The normalized spacial score (nSPS) is 21.4. The summed E-state index contributed by atoms with van der Waals surface area (Å²) < 4.78 is 12.5. The van der Waals surface area contributed by atoms with Crippen LogP contribution < -0.4 is 10.1 Å². The number of ketones is 1. The van der Waals surface area contributed by atoms with Crippen molar-refractivity contribution in [3.8, 4) is 34.1 Å². The topological polar surface area (TPSA) is 108 Å². The number of aryl methyl sites for hydroxylation is 1. The van der Waals surface area contributed by atoms with Crippen LogP contribution in [-0.4, -0.2) is 46.6 Å². The zero-order chi connectivity index (χ0) is 32.2. The highest BCUT2D eigenvalue weighted by molar-refractivity contribution is 8.76. The first-order valence-electron chi connectivity index (χ1n) is 15.9. The van der Waals surface area contributed by atoms with Crippen molar-refractivity contribution in [2.24, 2.45) is 5.92 Å². The van der Waals surface area contributed by atoms with Crippen molar-refractivity contribution in [1.29, 1.82) is 0 Å². The van der Waals surface area contributed by atoms with E-state index < -0.39 is 6.23 Å². The molecule has 0 spiro atoms. The Bertz CT molecular complexity index is 1700. The number of ether oxygens (including phenoxy) is 2. The van der Waals surface area contributed by atoms with Gasteiger partial charge in [0.2, 0.25) is 0 Å². The number of carbonyl (C=O) groups is 1. The van der Waals surface area contributed by atoms with E-state index in [0.717, 1.165) is 64.3 Å². The van der Waals surface area contributed by atoms with E-state index in [0.29, 0.717) is 36.0 Å². The van der Waals surface area contributed by atoms with Gasteiger partial charge in [0.1, 0.15) is 23.5 Å². The first-order chi connectivity index (χ1) is 22.3. The molecular formula is C37H41NO6S2.